The average molecular weight is 252 g/mol. The summed E-state index contributed by atoms with van der Waals surface area (Å²) in [6.07, 6.45) is 3.08. The van der Waals surface area contributed by atoms with Crippen LogP contribution in [0.15, 0.2) is 36.7 Å². The predicted molar refractivity (Wildman–Crippen MR) is 69.3 cm³/mol. The van der Waals surface area contributed by atoms with E-state index in [0.717, 1.165) is 11.1 Å². The smallest absolute Gasteiger partial charge is 0.182 e. The van der Waals surface area contributed by atoms with Gasteiger partial charge in [0.15, 0.2) is 11.5 Å². The minimum atomic E-state index is -0.522. The fourth-order valence-corrected chi connectivity index (χ4v) is 2.42. The van der Waals surface area contributed by atoms with Crippen LogP contribution >= 0.6 is 0 Å². The summed E-state index contributed by atoms with van der Waals surface area (Å²) in [5, 5.41) is 22.3. The van der Waals surface area contributed by atoms with Crippen molar-refractivity contribution in [2.45, 2.75) is 18.6 Å². The molecule has 0 bridgehead atoms. The van der Waals surface area contributed by atoms with Crippen LogP contribution in [-0.4, -0.2) is 21.2 Å². The summed E-state index contributed by atoms with van der Waals surface area (Å²) < 4.78 is 0. The molecule has 3 rings (SSSR count). The van der Waals surface area contributed by atoms with Gasteiger partial charge in [-0.05, 0) is 11.1 Å². The maximum absolute atomic E-state index is 10.1. The van der Waals surface area contributed by atoms with Crippen molar-refractivity contribution < 1.29 is 5.11 Å². The lowest BCUT2D eigenvalue weighted by molar-refractivity contribution is 0.165. The topological polar surface area (TPSA) is 81.8 Å². The lowest BCUT2D eigenvalue weighted by Crippen LogP contribution is -2.22. The van der Waals surface area contributed by atoms with Crippen LogP contribution in [0.25, 0.3) is 0 Å². The summed E-state index contributed by atoms with van der Waals surface area (Å²) >= 11 is 0. The number of hydrogen-bond acceptors (Lipinski definition) is 5. The highest BCUT2D eigenvalue weighted by Crippen LogP contribution is 2.33. The molecule has 0 aliphatic heterocycles. The zero-order valence-electron chi connectivity index (χ0n) is 10.1. The van der Waals surface area contributed by atoms with Crippen molar-refractivity contribution in [3.8, 4) is 6.07 Å². The van der Waals surface area contributed by atoms with Gasteiger partial charge in [-0.1, -0.05) is 24.3 Å². The number of anilines is 1. The number of benzene rings is 1. The highest BCUT2D eigenvalue weighted by molar-refractivity contribution is 5.51. The van der Waals surface area contributed by atoms with Crippen molar-refractivity contribution in [3.63, 3.8) is 0 Å². The summed E-state index contributed by atoms with van der Waals surface area (Å²) in [5.74, 6) is 0.408. The molecule has 0 unspecified atom stereocenters. The number of fused-ring (bicyclic) bond motifs is 1. The van der Waals surface area contributed by atoms with Gasteiger partial charge < -0.3 is 10.4 Å². The standard InChI is InChI=1S/C14H12N4O/c15-8-11-14(17-6-5-16-11)18-13-10-4-2-1-3-9(10)7-12(13)19/h1-6,12-13,19H,7H2,(H,17,18)/t12-,13-/m1/s1. The molecule has 1 aliphatic rings. The number of aromatic nitrogens is 2. The third-order valence-electron chi connectivity index (χ3n) is 3.30. The van der Waals surface area contributed by atoms with Gasteiger partial charge in [0.1, 0.15) is 6.07 Å². The molecule has 1 aliphatic carbocycles. The zero-order chi connectivity index (χ0) is 13.2. The van der Waals surface area contributed by atoms with Gasteiger partial charge in [-0.25, -0.2) is 9.97 Å². The summed E-state index contributed by atoms with van der Waals surface area (Å²) in [6.45, 7) is 0. The number of aliphatic hydroxyl groups is 1. The van der Waals surface area contributed by atoms with E-state index in [1.807, 2.05) is 30.3 Å². The van der Waals surface area contributed by atoms with E-state index in [0.29, 0.717) is 12.2 Å². The molecule has 19 heavy (non-hydrogen) atoms. The molecule has 2 atom stereocenters. The second-order valence-electron chi connectivity index (χ2n) is 4.46. The Morgan fingerprint density at radius 1 is 1.26 bits per heavy atom. The SMILES string of the molecule is N#Cc1nccnc1N[C@@H]1c2ccccc2C[C@H]1O. The lowest BCUT2D eigenvalue weighted by Gasteiger charge is -2.18. The first-order valence-corrected chi connectivity index (χ1v) is 6.03. The number of hydrogen-bond donors (Lipinski definition) is 2. The molecule has 2 aromatic rings. The Morgan fingerprint density at radius 3 is 2.89 bits per heavy atom. The van der Waals surface area contributed by atoms with Crippen LogP contribution in [0.1, 0.15) is 22.9 Å². The summed E-state index contributed by atoms with van der Waals surface area (Å²) in [5.41, 5.74) is 2.40. The number of rotatable bonds is 2. The fourth-order valence-electron chi connectivity index (χ4n) is 2.42. The van der Waals surface area contributed by atoms with Crippen LogP contribution in [-0.2, 0) is 6.42 Å². The van der Waals surface area contributed by atoms with Gasteiger partial charge in [0.25, 0.3) is 0 Å². The highest BCUT2D eigenvalue weighted by atomic mass is 16.3. The Kier molecular flexibility index (Phi) is 2.86. The molecule has 5 heteroatoms. The molecule has 0 fully saturated rings. The Morgan fingerprint density at radius 2 is 2.05 bits per heavy atom. The number of aliphatic hydroxyl groups excluding tert-OH is 1. The van der Waals surface area contributed by atoms with E-state index in [1.165, 1.54) is 12.4 Å². The van der Waals surface area contributed by atoms with Crippen LogP contribution in [0.2, 0.25) is 0 Å². The van der Waals surface area contributed by atoms with Gasteiger partial charge in [-0.15, -0.1) is 0 Å². The van der Waals surface area contributed by atoms with Crippen molar-refractivity contribution in [1.82, 2.24) is 9.97 Å². The lowest BCUT2D eigenvalue weighted by atomic mass is 10.1. The van der Waals surface area contributed by atoms with E-state index in [2.05, 4.69) is 15.3 Å². The first-order chi connectivity index (χ1) is 9.29. The summed E-state index contributed by atoms with van der Waals surface area (Å²) in [4.78, 5) is 8.07. The van der Waals surface area contributed by atoms with Crippen LogP contribution in [0.3, 0.4) is 0 Å². The van der Waals surface area contributed by atoms with Gasteiger partial charge >= 0.3 is 0 Å². The van der Waals surface area contributed by atoms with E-state index >= 15 is 0 Å². The average Bonchev–Trinajstić information content (AvgIpc) is 2.76. The molecular weight excluding hydrogens is 240 g/mol. The molecule has 1 heterocycles. The zero-order valence-corrected chi connectivity index (χ0v) is 10.1. The third-order valence-corrected chi connectivity index (χ3v) is 3.30. The van der Waals surface area contributed by atoms with E-state index in [1.54, 1.807) is 0 Å². The molecule has 0 spiro atoms. The molecule has 0 amide bonds. The molecule has 2 N–H and O–H groups in total. The molecule has 94 valence electrons. The van der Waals surface area contributed by atoms with Crippen molar-refractivity contribution in [2.24, 2.45) is 0 Å². The molecule has 0 saturated heterocycles. The quantitative estimate of drug-likeness (QED) is 0.844. The van der Waals surface area contributed by atoms with E-state index in [4.69, 9.17) is 5.26 Å². The van der Waals surface area contributed by atoms with Gasteiger partial charge in [0.2, 0.25) is 0 Å². The van der Waals surface area contributed by atoms with Crippen molar-refractivity contribution >= 4 is 5.82 Å². The van der Waals surface area contributed by atoms with Crippen molar-refractivity contribution in [3.05, 3.63) is 53.5 Å². The predicted octanol–water partition coefficient (Wildman–Crippen LogP) is 1.42. The fraction of sp³-hybridized carbons (Fsp3) is 0.214. The Hall–Kier alpha value is -2.45. The molecule has 0 saturated carbocycles. The van der Waals surface area contributed by atoms with E-state index in [9.17, 15) is 5.11 Å². The maximum Gasteiger partial charge on any atom is 0.182 e. The molecule has 0 radical (unpaired) electrons. The van der Waals surface area contributed by atoms with Crippen molar-refractivity contribution in [1.29, 1.82) is 5.26 Å². The van der Waals surface area contributed by atoms with E-state index < -0.39 is 6.10 Å². The minimum absolute atomic E-state index is 0.235. The number of nitrogens with one attached hydrogen (secondary N) is 1. The normalized spacial score (nSPS) is 20.6. The first kappa shape index (κ1) is 11.6. The van der Waals surface area contributed by atoms with Crippen molar-refractivity contribution in [2.75, 3.05) is 5.32 Å². The largest absolute Gasteiger partial charge is 0.390 e. The van der Waals surface area contributed by atoms with Gasteiger partial charge in [-0.2, -0.15) is 5.26 Å². The summed E-state index contributed by atoms with van der Waals surface area (Å²) in [6, 6.07) is 9.61. The monoisotopic (exact) mass is 252 g/mol. The maximum atomic E-state index is 10.1. The van der Waals surface area contributed by atoms with Crippen LogP contribution in [0, 0.1) is 11.3 Å². The second-order valence-corrected chi connectivity index (χ2v) is 4.46. The second kappa shape index (κ2) is 4.67. The molecule has 5 nitrogen and oxygen atoms in total. The number of nitriles is 1. The first-order valence-electron chi connectivity index (χ1n) is 6.03. The Bertz CT molecular complexity index is 650. The Balaban J connectivity index is 1.94. The highest BCUT2D eigenvalue weighted by Gasteiger charge is 2.31. The minimum Gasteiger partial charge on any atom is -0.390 e. The van der Waals surface area contributed by atoms with E-state index in [-0.39, 0.29) is 11.7 Å². The van der Waals surface area contributed by atoms with Crippen LogP contribution < -0.4 is 5.32 Å². The van der Waals surface area contributed by atoms with Crippen LogP contribution in [0.5, 0.6) is 0 Å². The van der Waals surface area contributed by atoms with Gasteiger partial charge in [0, 0.05) is 18.8 Å². The summed E-state index contributed by atoms with van der Waals surface area (Å²) in [7, 11) is 0. The van der Waals surface area contributed by atoms with Crippen LogP contribution in [0.4, 0.5) is 5.82 Å². The molecule has 1 aromatic heterocycles. The molecule has 1 aromatic carbocycles. The molecular formula is C14H12N4O. The number of nitrogens with zero attached hydrogens (tertiary/aromatic N) is 3. The third kappa shape index (κ3) is 2.02. The Labute approximate surface area is 110 Å². The van der Waals surface area contributed by atoms with Gasteiger partial charge in [-0.3, -0.25) is 0 Å². The van der Waals surface area contributed by atoms with Gasteiger partial charge in [0.05, 0.1) is 12.1 Å².